The van der Waals surface area contributed by atoms with Crippen LogP contribution in [0.4, 0.5) is 0 Å². The Hall–Kier alpha value is -0.570. The van der Waals surface area contributed by atoms with Crippen LogP contribution in [-0.4, -0.2) is 26.3 Å². The van der Waals surface area contributed by atoms with Crippen molar-refractivity contribution < 1.29 is 14.3 Å². The van der Waals surface area contributed by atoms with Crippen LogP contribution in [0.1, 0.15) is 45.4 Å². The molecule has 0 amide bonds. The van der Waals surface area contributed by atoms with Crippen molar-refractivity contribution in [3.8, 4) is 0 Å². The van der Waals surface area contributed by atoms with Gasteiger partial charge in [0.2, 0.25) is 0 Å². The van der Waals surface area contributed by atoms with Gasteiger partial charge in [-0.05, 0) is 6.42 Å². The summed E-state index contributed by atoms with van der Waals surface area (Å²) in [4.78, 5) is 11.1. The Morgan fingerprint density at radius 1 is 1.07 bits per heavy atom. The highest BCUT2D eigenvalue weighted by molar-refractivity contribution is 5.69. The number of hydrogen-bond acceptors (Lipinski definition) is 3. The molecule has 0 spiro atoms. The van der Waals surface area contributed by atoms with Gasteiger partial charge in [0.05, 0.1) is 6.61 Å². The fourth-order valence-electron chi connectivity index (χ4n) is 1.18. The van der Waals surface area contributed by atoms with E-state index in [9.17, 15) is 4.79 Å². The predicted molar refractivity (Wildman–Crippen MR) is 56.2 cm³/mol. The highest BCUT2D eigenvalue weighted by Crippen LogP contribution is 2.05. The normalized spacial score (nSPS) is 10.1. The first-order valence-corrected chi connectivity index (χ1v) is 5.45. The van der Waals surface area contributed by atoms with Gasteiger partial charge in [-0.3, -0.25) is 4.79 Å². The van der Waals surface area contributed by atoms with E-state index in [1.165, 1.54) is 19.3 Å². The lowest BCUT2D eigenvalue weighted by atomic mass is 10.1. The lowest BCUT2D eigenvalue weighted by Gasteiger charge is -2.03. The zero-order chi connectivity index (χ0) is 10.6. The van der Waals surface area contributed by atoms with Crippen molar-refractivity contribution >= 4 is 5.97 Å². The maximum atomic E-state index is 11.1. The molecule has 0 fully saturated rings. The van der Waals surface area contributed by atoms with E-state index in [2.05, 4.69) is 6.92 Å². The average Bonchev–Trinajstić information content (AvgIpc) is 2.18. The van der Waals surface area contributed by atoms with Crippen LogP contribution in [0.15, 0.2) is 0 Å². The molecular formula is C11H22O3. The van der Waals surface area contributed by atoms with E-state index in [1.54, 1.807) is 7.11 Å². The second-order valence-corrected chi connectivity index (χ2v) is 3.38. The van der Waals surface area contributed by atoms with Crippen LogP contribution in [0.2, 0.25) is 0 Å². The van der Waals surface area contributed by atoms with Crippen LogP contribution >= 0.6 is 0 Å². The molecule has 0 rings (SSSR count). The SMILES string of the molecule is CCCCCCCC(=O)OCCOC. The van der Waals surface area contributed by atoms with Gasteiger partial charge in [0.1, 0.15) is 6.61 Å². The van der Waals surface area contributed by atoms with Gasteiger partial charge in [0.15, 0.2) is 0 Å². The molecule has 0 aromatic rings. The molecule has 14 heavy (non-hydrogen) atoms. The monoisotopic (exact) mass is 202 g/mol. The summed E-state index contributed by atoms with van der Waals surface area (Å²) in [6, 6.07) is 0. The molecule has 0 heterocycles. The quantitative estimate of drug-likeness (QED) is 0.426. The third-order valence-electron chi connectivity index (χ3n) is 2.03. The van der Waals surface area contributed by atoms with Crippen molar-refractivity contribution in [1.29, 1.82) is 0 Å². The van der Waals surface area contributed by atoms with Crippen LogP contribution in [-0.2, 0) is 14.3 Å². The Morgan fingerprint density at radius 2 is 1.79 bits per heavy atom. The van der Waals surface area contributed by atoms with Gasteiger partial charge in [-0.15, -0.1) is 0 Å². The summed E-state index contributed by atoms with van der Waals surface area (Å²) < 4.78 is 9.70. The first-order valence-electron chi connectivity index (χ1n) is 5.45. The van der Waals surface area contributed by atoms with Crippen LogP contribution in [0.3, 0.4) is 0 Å². The van der Waals surface area contributed by atoms with Crippen LogP contribution in [0.5, 0.6) is 0 Å². The fourth-order valence-corrected chi connectivity index (χ4v) is 1.18. The maximum absolute atomic E-state index is 11.1. The molecule has 0 bridgehead atoms. The van der Waals surface area contributed by atoms with E-state index in [1.807, 2.05) is 0 Å². The van der Waals surface area contributed by atoms with Crippen LogP contribution in [0.25, 0.3) is 0 Å². The van der Waals surface area contributed by atoms with Crippen LogP contribution < -0.4 is 0 Å². The number of rotatable bonds is 9. The third kappa shape index (κ3) is 9.52. The number of hydrogen-bond donors (Lipinski definition) is 0. The van der Waals surface area contributed by atoms with E-state index in [4.69, 9.17) is 9.47 Å². The van der Waals surface area contributed by atoms with Gasteiger partial charge in [0.25, 0.3) is 0 Å². The molecule has 0 saturated heterocycles. The Morgan fingerprint density at radius 3 is 2.43 bits per heavy atom. The minimum Gasteiger partial charge on any atom is -0.463 e. The molecule has 0 saturated carbocycles. The van der Waals surface area contributed by atoms with Crippen molar-refractivity contribution in [2.24, 2.45) is 0 Å². The number of carbonyl (C=O) groups excluding carboxylic acids is 1. The van der Waals surface area contributed by atoms with Gasteiger partial charge in [-0.1, -0.05) is 32.6 Å². The molecule has 0 unspecified atom stereocenters. The summed E-state index contributed by atoms with van der Waals surface area (Å²) in [5, 5.41) is 0. The lowest BCUT2D eigenvalue weighted by molar-refractivity contribution is -0.145. The Labute approximate surface area is 86.8 Å². The topological polar surface area (TPSA) is 35.5 Å². The van der Waals surface area contributed by atoms with E-state index in [0.29, 0.717) is 19.6 Å². The number of ether oxygens (including phenoxy) is 2. The summed E-state index contributed by atoms with van der Waals surface area (Å²) in [6.07, 6.45) is 6.35. The molecule has 0 N–H and O–H groups in total. The predicted octanol–water partition coefficient (Wildman–Crippen LogP) is 2.54. The van der Waals surface area contributed by atoms with Crippen molar-refractivity contribution in [3.05, 3.63) is 0 Å². The first kappa shape index (κ1) is 13.4. The maximum Gasteiger partial charge on any atom is 0.305 e. The van der Waals surface area contributed by atoms with E-state index < -0.39 is 0 Å². The van der Waals surface area contributed by atoms with Gasteiger partial charge >= 0.3 is 5.97 Å². The first-order chi connectivity index (χ1) is 6.81. The van der Waals surface area contributed by atoms with Crippen molar-refractivity contribution in [2.75, 3.05) is 20.3 Å². The largest absolute Gasteiger partial charge is 0.463 e. The molecule has 0 atom stereocenters. The van der Waals surface area contributed by atoms with Gasteiger partial charge < -0.3 is 9.47 Å². The van der Waals surface area contributed by atoms with Crippen molar-refractivity contribution in [1.82, 2.24) is 0 Å². The minimum absolute atomic E-state index is 0.0986. The lowest BCUT2D eigenvalue weighted by Crippen LogP contribution is -2.09. The summed E-state index contributed by atoms with van der Waals surface area (Å²) in [6.45, 7) is 3.05. The zero-order valence-electron chi connectivity index (χ0n) is 9.38. The molecule has 3 heteroatoms. The fraction of sp³-hybridized carbons (Fsp3) is 0.909. The highest BCUT2D eigenvalue weighted by Gasteiger charge is 2.01. The Bertz CT molecular complexity index is 134. The van der Waals surface area contributed by atoms with E-state index >= 15 is 0 Å². The molecule has 84 valence electrons. The molecule has 0 aromatic carbocycles. The molecule has 0 aliphatic rings. The number of carbonyl (C=O) groups is 1. The summed E-state index contributed by atoms with van der Waals surface area (Å²) in [5.41, 5.74) is 0. The second-order valence-electron chi connectivity index (χ2n) is 3.38. The molecule has 0 aliphatic heterocycles. The molecule has 0 radical (unpaired) electrons. The number of esters is 1. The number of methoxy groups -OCH3 is 1. The summed E-state index contributed by atoms with van der Waals surface area (Å²) in [5.74, 6) is -0.0986. The minimum atomic E-state index is -0.0986. The van der Waals surface area contributed by atoms with Crippen LogP contribution in [0, 0.1) is 0 Å². The van der Waals surface area contributed by atoms with E-state index in [0.717, 1.165) is 12.8 Å². The molecule has 0 aliphatic carbocycles. The van der Waals surface area contributed by atoms with Crippen molar-refractivity contribution in [3.63, 3.8) is 0 Å². The number of unbranched alkanes of at least 4 members (excludes halogenated alkanes) is 4. The zero-order valence-corrected chi connectivity index (χ0v) is 9.38. The molecular weight excluding hydrogens is 180 g/mol. The summed E-state index contributed by atoms with van der Waals surface area (Å²) in [7, 11) is 1.60. The van der Waals surface area contributed by atoms with E-state index in [-0.39, 0.29) is 5.97 Å². The van der Waals surface area contributed by atoms with Gasteiger partial charge in [-0.2, -0.15) is 0 Å². The van der Waals surface area contributed by atoms with Gasteiger partial charge in [0, 0.05) is 13.5 Å². The standard InChI is InChI=1S/C11H22O3/c1-3-4-5-6-7-8-11(12)14-10-9-13-2/h3-10H2,1-2H3. The summed E-state index contributed by atoms with van der Waals surface area (Å²) >= 11 is 0. The molecule has 3 nitrogen and oxygen atoms in total. The smallest absolute Gasteiger partial charge is 0.305 e. The van der Waals surface area contributed by atoms with Gasteiger partial charge in [-0.25, -0.2) is 0 Å². The average molecular weight is 202 g/mol. The molecule has 0 aromatic heterocycles. The Balaban J connectivity index is 3.10. The highest BCUT2D eigenvalue weighted by atomic mass is 16.6. The van der Waals surface area contributed by atoms with Crippen molar-refractivity contribution in [2.45, 2.75) is 45.4 Å². The third-order valence-corrected chi connectivity index (χ3v) is 2.03. The second kappa shape index (κ2) is 10.5. The Kier molecular flexibility index (Phi) is 10.1.